The highest BCUT2D eigenvalue weighted by molar-refractivity contribution is 6.39. The summed E-state index contributed by atoms with van der Waals surface area (Å²) in [5, 5.41) is 6.59. The molecular weight excluding hydrogens is 209 g/mol. The summed E-state index contributed by atoms with van der Waals surface area (Å²) in [5.74, 6) is -0.571. The number of rotatable bonds is 2. The van der Waals surface area contributed by atoms with Gasteiger partial charge in [-0.3, -0.25) is 10.2 Å². The minimum Gasteiger partial charge on any atom is -0.351 e. The maximum Gasteiger partial charge on any atom is 0.267 e. The summed E-state index contributed by atoms with van der Waals surface area (Å²) < 4.78 is 13.2. The van der Waals surface area contributed by atoms with Gasteiger partial charge in [-0.2, -0.15) is 5.10 Å². The monoisotopic (exact) mass is 221 g/mol. The van der Waals surface area contributed by atoms with E-state index in [1.807, 2.05) is 0 Å². The first-order valence-corrected chi connectivity index (χ1v) is 5.12. The van der Waals surface area contributed by atoms with Crippen LogP contribution in [0.15, 0.2) is 29.4 Å². The number of hydrogen-bond donors (Lipinski definition) is 2. The maximum absolute atomic E-state index is 13.2. The smallest absolute Gasteiger partial charge is 0.267 e. The Kier molecular flexibility index (Phi) is 3.14. The number of amides is 1. The van der Waals surface area contributed by atoms with Crippen molar-refractivity contribution >= 4 is 17.3 Å². The Labute approximate surface area is 92.5 Å². The normalized spacial score (nSPS) is 18.3. The number of halogens is 1. The maximum atomic E-state index is 13.2. The molecule has 16 heavy (non-hydrogen) atoms. The number of hydrazone groups is 1. The second-order valence-corrected chi connectivity index (χ2v) is 3.51. The second kappa shape index (κ2) is 4.74. The van der Waals surface area contributed by atoms with E-state index in [0.29, 0.717) is 18.7 Å². The Morgan fingerprint density at radius 3 is 2.94 bits per heavy atom. The minimum atomic E-state index is -0.386. The summed E-state index contributed by atoms with van der Waals surface area (Å²) in [6.07, 6.45) is 1.48. The molecule has 1 aliphatic rings. The summed E-state index contributed by atoms with van der Waals surface area (Å²) in [6.45, 7) is 0.678. The van der Waals surface area contributed by atoms with Crippen LogP contribution in [0.4, 0.5) is 10.1 Å². The van der Waals surface area contributed by atoms with Crippen molar-refractivity contribution in [2.45, 2.75) is 12.8 Å². The lowest BCUT2D eigenvalue weighted by Gasteiger charge is -2.13. The van der Waals surface area contributed by atoms with Gasteiger partial charge < -0.3 is 5.32 Å². The molecular formula is C11H12FN3O. The zero-order valence-corrected chi connectivity index (χ0v) is 8.66. The molecule has 1 aliphatic heterocycles. The SMILES string of the molecule is O=C1NCCCC1=NNc1ccccc1F. The third-order valence-electron chi connectivity index (χ3n) is 2.32. The molecule has 1 saturated heterocycles. The highest BCUT2D eigenvalue weighted by atomic mass is 19.1. The van der Waals surface area contributed by atoms with Crippen LogP contribution in [0.25, 0.3) is 0 Å². The van der Waals surface area contributed by atoms with Crippen LogP contribution >= 0.6 is 0 Å². The molecule has 4 nitrogen and oxygen atoms in total. The van der Waals surface area contributed by atoms with E-state index >= 15 is 0 Å². The molecule has 84 valence electrons. The third kappa shape index (κ3) is 2.36. The van der Waals surface area contributed by atoms with Gasteiger partial charge in [-0.05, 0) is 25.0 Å². The number of nitrogens with zero attached hydrogens (tertiary/aromatic N) is 1. The first-order valence-electron chi connectivity index (χ1n) is 5.12. The first kappa shape index (κ1) is 10.6. The number of para-hydroxylation sites is 1. The third-order valence-corrected chi connectivity index (χ3v) is 2.32. The predicted molar refractivity (Wildman–Crippen MR) is 59.7 cm³/mol. The minimum absolute atomic E-state index is 0.185. The van der Waals surface area contributed by atoms with E-state index in [4.69, 9.17) is 0 Å². The van der Waals surface area contributed by atoms with E-state index in [0.717, 1.165) is 6.42 Å². The van der Waals surface area contributed by atoms with Crippen LogP contribution in [0, 0.1) is 5.82 Å². The lowest BCUT2D eigenvalue weighted by atomic mass is 10.1. The fourth-order valence-corrected chi connectivity index (χ4v) is 1.46. The van der Waals surface area contributed by atoms with Crippen LogP contribution in [0.3, 0.4) is 0 Å². The van der Waals surface area contributed by atoms with Crippen LogP contribution in [0.1, 0.15) is 12.8 Å². The molecule has 0 saturated carbocycles. The molecule has 1 aromatic rings. The Balaban J connectivity index is 2.08. The molecule has 0 radical (unpaired) electrons. The molecule has 0 aromatic heterocycles. The second-order valence-electron chi connectivity index (χ2n) is 3.51. The fraction of sp³-hybridized carbons (Fsp3) is 0.273. The molecule has 1 amide bonds. The van der Waals surface area contributed by atoms with Crippen molar-refractivity contribution in [1.82, 2.24) is 5.32 Å². The summed E-state index contributed by atoms with van der Waals surface area (Å²) in [4.78, 5) is 11.3. The molecule has 0 bridgehead atoms. The molecule has 1 aromatic carbocycles. The van der Waals surface area contributed by atoms with Crippen molar-refractivity contribution in [2.75, 3.05) is 12.0 Å². The van der Waals surface area contributed by atoms with Gasteiger partial charge in [0.25, 0.3) is 5.91 Å². The number of benzene rings is 1. The molecule has 2 N–H and O–H groups in total. The number of piperidine rings is 1. The van der Waals surface area contributed by atoms with Crippen molar-refractivity contribution < 1.29 is 9.18 Å². The van der Waals surface area contributed by atoms with Crippen molar-refractivity contribution in [3.05, 3.63) is 30.1 Å². The Morgan fingerprint density at radius 1 is 1.38 bits per heavy atom. The molecule has 0 unspecified atom stereocenters. The summed E-state index contributed by atoms with van der Waals surface area (Å²) >= 11 is 0. The van der Waals surface area contributed by atoms with E-state index < -0.39 is 0 Å². The summed E-state index contributed by atoms with van der Waals surface area (Å²) in [5.41, 5.74) is 3.25. The number of nitrogens with one attached hydrogen (secondary N) is 2. The van der Waals surface area contributed by atoms with Gasteiger partial charge >= 0.3 is 0 Å². The first-order chi connectivity index (χ1) is 7.77. The highest BCUT2D eigenvalue weighted by Crippen LogP contribution is 2.12. The molecule has 0 spiro atoms. The van der Waals surface area contributed by atoms with E-state index in [-0.39, 0.29) is 17.4 Å². The van der Waals surface area contributed by atoms with Gasteiger partial charge in [0.15, 0.2) is 0 Å². The molecule has 1 heterocycles. The van der Waals surface area contributed by atoms with Gasteiger partial charge in [0, 0.05) is 6.54 Å². The summed E-state index contributed by atoms with van der Waals surface area (Å²) in [7, 11) is 0. The van der Waals surface area contributed by atoms with Crippen LogP contribution in [-0.4, -0.2) is 18.2 Å². The number of carbonyl (C=O) groups is 1. The number of carbonyl (C=O) groups excluding carboxylic acids is 1. The van der Waals surface area contributed by atoms with Crippen LogP contribution in [0.5, 0.6) is 0 Å². The highest BCUT2D eigenvalue weighted by Gasteiger charge is 2.15. The van der Waals surface area contributed by atoms with E-state index in [1.165, 1.54) is 6.07 Å². The summed E-state index contributed by atoms with van der Waals surface area (Å²) in [6, 6.07) is 6.21. The van der Waals surface area contributed by atoms with E-state index in [2.05, 4.69) is 15.8 Å². The van der Waals surface area contributed by atoms with Gasteiger partial charge in [-0.25, -0.2) is 4.39 Å². The van der Waals surface area contributed by atoms with E-state index in [9.17, 15) is 9.18 Å². The Morgan fingerprint density at radius 2 is 2.19 bits per heavy atom. The fourth-order valence-electron chi connectivity index (χ4n) is 1.46. The molecule has 0 aliphatic carbocycles. The molecule has 1 fully saturated rings. The van der Waals surface area contributed by atoms with Crippen molar-refractivity contribution in [3.63, 3.8) is 0 Å². The predicted octanol–water partition coefficient (Wildman–Crippen LogP) is 1.50. The number of anilines is 1. The lowest BCUT2D eigenvalue weighted by molar-refractivity contribution is -0.115. The molecule has 5 heteroatoms. The van der Waals surface area contributed by atoms with Gasteiger partial charge in [-0.15, -0.1) is 0 Å². The van der Waals surface area contributed by atoms with Crippen molar-refractivity contribution in [1.29, 1.82) is 0 Å². The zero-order chi connectivity index (χ0) is 11.4. The standard InChI is InChI=1S/C11H12FN3O/c12-8-4-1-2-5-9(8)14-15-10-6-3-7-13-11(10)16/h1-2,4-5,14H,3,6-7H2,(H,13,16). The van der Waals surface area contributed by atoms with Gasteiger partial charge in [0.1, 0.15) is 11.5 Å². The molecule has 0 atom stereocenters. The topological polar surface area (TPSA) is 53.5 Å². The Bertz CT molecular complexity index is 431. The Hall–Kier alpha value is -1.91. The quantitative estimate of drug-likeness (QED) is 0.744. The van der Waals surface area contributed by atoms with E-state index in [1.54, 1.807) is 18.2 Å². The lowest BCUT2D eigenvalue weighted by Crippen LogP contribution is -2.37. The van der Waals surface area contributed by atoms with Gasteiger partial charge in [0.05, 0.1) is 5.69 Å². The van der Waals surface area contributed by atoms with Crippen LogP contribution in [0.2, 0.25) is 0 Å². The van der Waals surface area contributed by atoms with Gasteiger partial charge in [0.2, 0.25) is 0 Å². The van der Waals surface area contributed by atoms with Crippen molar-refractivity contribution in [3.8, 4) is 0 Å². The van der Waals surface area contributed by atoms with Gasteiger partial charge in [-0.1, -0.05) is 12.1 Å². The average Bonchev–Trinajstić information content (AvgIpc) is 2.30. The largest absolute Gasteiger partial charge is 0.351 e. The average molecular weight is 221 g/mol. The van der Waals surface area contributed by atoms with Crippen molar-refractivity contribution in [2.24, 2.45) is 5.10 Å². The van der Waals surface area contributed by atoms with Crippen LogP contribution < -0.4 is 10.7 Å². The number of hydrogen-bond acceptors (Lipinski definition) is 3. The zero-order valence-electron chi connectivity index (χ0n) is 8.66. The molecule has 2 rings (SSSR count). The van der Waals surface area contributed by atoms with Crippen LogP contribution in [-0.2, 0) is 4.79 Å².